The molecule has 0 saturated heterocycles. The molecule has 1 fully saturated rings. The molecular weight excluding hydrogens is 352 g/mol. The van der Waals surface area contributed by atoms with Gasteiger partial charge in [0, 0.05) is 24.4 Å². The van der Waals surface area contributed by atoms with E-state index in [9.17, 15) is 10.1 Å². The summed E-state index contributed by atoms with van der Waals surface area (Å²) in [5.41, 5.74) is 6.77. The summed E-state index contributed by atoms with van der Waals surface area (Å²) in [5.74, 6) is 1.80. The number of ketones is 1. The van der Waals surface area contributed by atoms with Crippen LogP contribution in [-0.2, 0) is 4.79 Å². The number of nitriles is 1. The molecule has 6 nitrogen and oxygen atoms in total. The monoisotopic (exact) mass is 374 g/mol. The zero-order chi connectivity index (χ0) is 19.9. The highest BCUT2D eigenvalue weighted by atomic mass is 16.5. The highest BCUT2D eigenvalue weighted by molar-refractivity contribution is 6.13. The number of nitrogens with one attached hydrogen (secondary N) is 2. The summed E-state index contributed by atoms with van der Waals surface area (Å²) in [6.45, 7) is 0. The van der Waals surface area contributed by atoms with E-state index in [0.29, 0.717) is 37.0 Å². The lowest BCUT2D eigenvalue weighted by Crippen LogP contribution is -2.36. The summed E-state index contributed by atoms with van der Waals surface area (Å²) in [6, 6.07) is 18.4. The van der Waals surface area contributed by atoms with Gasteiger partial charge in [-0.25, -0.2) is 0 Å². The van der Waals surface area contributed by atoms with Crippen molar-refractivity contribution in [3.63, 3.8) is 0 Å². The molecule has 0 heterocycles. The van der Waals surface area contributed by atoms with Crippen LogP contribution in [0.4, 0.5) is 0 Å². The summed E-state index contributed by atoms with van der Waals surface area (Å²) < 4.78 is 5.74. The van der Waals surface area contributed by atoms with Gasteiger partial charge in [-0.3, -0.25) is 10.2 Å². The van der Waals surface area contributed by atoms with Crippen molar-refractivity contribution >= 4 is 11.5 Å². The predicted octanol–water partition coefficient (Wildman–Crippen LogP) is 3.64. The zero-order valence-electron chi connectivity index (χ0n) is 15.4. The van der Waals surface area contributed by atoms with Crippen LogP contribution in [0.2, 0.25) is 0 Å². The molecule has 4 N–H and O–H groups in total. The summed E-state index contributed by atoms with van der Waals surface area (Å²) in [5, 5.41) is 21.0. The van der Waals surface area contributed by atoms with Crippen LogP contribution in [0.25, 0.3) is 0 Å². The van der Waals surface area contributed by atoms with Gasteiger partial charge in [0.15, 0.2) is 0 Å². The van der Waals surface area contributed by atoms with Gasteiger partial charge in [0.05, 0.1) is 5.71 Å². The van der Waals surface area contributed by atoms with Gasteiger partial charge in [-0.15, -0.1) is 0 Å². The van der Waals surface area contributed by atoms with Gasteiger partial charge in [-0.1, -0.05) is 18.2 Å². The number of allylic oxidation sites excluding steroid dienone is 1. The second-order valence-electron chi connectivity index (χ2n) is 6.67. The maximum atomic E-state index is 11.4. The molecule has 1 aliphatic carbocycles. The van der Waals surface area contributed by atoms with Crippen molar-refractivity contribution in [2.75, 3.05) is 0 Å². The van der Waals surface area contributed by atoms with Gasteiger partial charge in [-0.2, -0.15) is 5.26 Å². The quantitative estimate of drug-likeness (QED) is 0.528. The Morgan fingerprint density at radius 1 is 1.07 bits per heavy atom. The van der Waals surface area contributed by atoms with Gasteiger partial charge in [0.2, 0.25) is 0 Å². The number of hydrogen-bond donors (Lipinski definition) is 3. The Kier molecular flexibility index (Phi) is 6.07. The third-order valence-electron chi connectivity index (χ3n) is 4.66. The van der Waals surface area contributed by atoms with E-state index in [4.69, 9.17) is 15.9 Å². The molecule has 0 atom stereocenters. The average Bonchev–Trinajstić information content (AvgIpc) is 2.71. The topological polar surface area (TPSA) is 112 Å². The Hall–Kier alpha value is -3.59. The van der Waals surface area contributed by atoms with Crippen molar-refractivity contribution in [3.05, 3.63) is 71.6 Å². The number of para-hydroxylation sites is 1. The summed E-state index contributed by atoms with van der Waals surface area (Å²) in [7, 11) is 0. The van der Waals surface area contributed by atoms with Crippen LogP contribution in [0.3, 0.4) is 0 Å². The van der Waals surface area contributed by atoms with Crippen molar-refractivity contribution < 1.29 is 9.53 Å². The molecule has 1 saturated carbocycles. The van der Waals surface area contributed by atoms with Crippen molar-refractivity contribution in [3.8, 4) is 17.6 Å². The van der Waals surface area contributed by atoms with E-state index in [0.717, 1.165) is 5.75 Å². The lowest BCUT2D eigenvalue weighted by molar-refractivity contribution is -0.120. The molecule has 0 amide bonds. The van der Waals surface area contributed by atoms with Crippen LogP contribution in [0.15, 0.2) is 66.0 Å². The SMILES string of the molecule is N#C/C(C(=N)c1ccc(Oc2ccccc2)cc1)=C(\N)NC1CCC(=O)CC1. The smallest absolute Gasteiger partial charge is 0.133 e. The molecule has 6 heteroatoms. The van der Waals surface area contributed by atoms with E-state index >= 15 is 0 Å². The number of carbonyl (C=O) groups is 1. The fourth-order valence-corrected chi connectivity index (χ4v) is 3.09. The van der Waals surface area contributed by atoms with Crippen molar-refractivity contribution in [2.45, 2.75) is 31.7 Å². The average molecular weight is 374 g/mol. The first kappa shape index (κ1) is 19.2. The normalized spacial score (nSPS) is 15.3. The van der Waals surface area contributed by atoms with E-state index in [2.05, 4.69) is 5.32 Å². The van der Waals surface area contributed by atoms with E-state index in [1.54, 1.807) is 24.3 Å². The molecular formula is C22H22N4O2. The van der Waals surface area contributed by atoms with Crippen LogP contribution >= 0.6 is 0 Å². The molecule has 0 aliphatic heterocycles. The number of carbonyl (C=O) groups excluding carboxylic acids is 1. The molecule has 3 rings (SSSR count). The van der Waals surface area contributed by atoms with E-state index in [-0.39, 0.29) is 28.9 Å². The zero-order valence-corrected chi connectivity index (χ0v) is 15.4. The number of nitrogens with zero attached hydrogens (tertiary/aromatic N) is 1. The lowest BCUT2D eigenvalue weighted by atomic mass is 9.94. The molecule has 0 bridgehead atoms. The van der Waals surface area contributed by atoms with Gasteiger partial charge >= 0.3 is 0 Å². The van der Waals surface area contributed by atoms with Crippen LogP contribution in [0.5, 0.6) is 11.5 Å². The third kappa shape index (κ3) is 4.77. The first-order chi connectivity index (χ1) is 13.6. The van der Waals surface area contributed by atoms with Crippen LogP contribution in [0.1, 0.15) is 31.2 Å². The molecule has 28 heavy (non-hydrogen) atoms. The summed E-state index contributed by atoms with van der Waals surface area (Å²) in [4.78, 5) is 11.4. The lowest BCUT2D eigenvalue weighted by Gasteiger charge is -2.23. The number of hydrogen-bond acceptors (Lipinski definition) is 6. The maximum absolute atomic E-state index is 11.4. The summed E-state index contributed by atoms with van der Waals surface area (Å²) >= 11 is 0. The van der Waals surface area contributed by atoms with E-state index in [1.165, 1.54) is 0 Å². The number of nitrogens with two attached hydrogens (primary N) is 1. The Morgan fingerprint density at radius 2 is 1.68 bits per heavy atom. The van der Waals surface area contributed by atoms with Gasteiger partial charge in [-0.05, 0) is 49.2 Å². The number of benzene rings is 2. The minimum atomic E-state index is 0.0469. The molecule has 1 aliphatic rings. The van der Waals surface area contributed by atoms with Crippen molar-refractivity contribution in [1.82, 2.24) is 5.32 Å². The van der Waals surface area contributed by atoms with Gasteiger partial charge < -0.3 is 15.8 Å². The van der Waals surface area contributed by atoms with Crippen LogP contribution in [-0.4, -0.2) is 17.5 Å². The number of Topliss-reactive ketones (excluding diaryl/α,β-unsaturated/α-hetero) is 1. The van der Waals surface area contributed by atoms with E-state index in [1.807, 2.05) is 36.4 Å². The Bertz CT molecular complexity index is 917. The van der Waals surface area contributed by atoms with Crippen LogP contribution in [0, 0.1) is 16.7 Å². The highest BCUT2D eigenvalue weighted by Gasteiger charge is 2.20. The second kappa shape index (κ2) is 8.87. The molecule has 0 unspecified atom stereocenters. The molecule has 142 valence electrons. The fraction of sp³-hybridized carbons (Fsp3) is 0.227. The maximum Gasteiger partial charge on any atom is 0.133 e. The van der Waals surface area contributed by atoms with Crippen molar-refractivity contribution in [1.29, 1.82) is 10.7 Å². The molecule has 2 aromatic rings. The Morgan fingerprint density at radius 3 is 2.29 bits per heavy atom. The molecule has 0 spiro atoms. The van der Waals surface area contributed by atoms with Crippen molar-refractivity contribution in [2.24, 2.45) is 5.73 Å². The first-order valence-electron chi connectivity index (χ1n) is 9.17. The molecule has 2 aromatic carbocycles. The van der Waals surface area contributed by atoms with Gasteiger partial charge in [0.1, 0.15) is 34.7 Å². The minimum absolute atomic E-state index is 0.0469. The second-order valence-corrected chi connectivity index (χ2v) is 6.67. The number of ether oxygens (including phenoxy) is 1. The Labute approximate surface area is 164 Å². The van der Waals surface area contributed by atoms with Crippen LogP contribution < -0.4 is 15.8 Å². The fourth-order valence-electron chi connectivity index (χ4n) is 3.09. The molecule has 0 radical (unpaired) electrons. The Balaban J connectivity index is 1.70. The van der Waals surface area contributed by atoms with E-state index < -0.39 is 0 Å². The van der Waals surface area contributed by atoms with Gasteiger partial charge in [0.25, 0.3) is 0 Å². The number of rotatable bonds is 6. The minimum Gasteiger partial charge on any atom is -0.457 e. The third-order valence-corrected chi connectivity index (χ3v) is 4.66. The predicted molar refractivity (Wildman–Crippen MR) is 107 cm³/mol. The highest BCUT2D eigenvalue weighted by Crippen LogP contribution is 2.22. The largest absolute Gasteiger partial charge is 0.457 e. The molecule has 0 aromatic heterocycles. The summed E-state index contributed by atoms with van der Waals surface area (Å²) in [6.07, 6.45) is 2.43. The first-order valence-corrected chi connectivity index (χ1v) is 9.17. The standard InChI is InChI=1S/C22H22N4O2/c23-14-20(22(25)26-16-8-10-17(27)11-9-16)21(24)15-6-12-19(13-7-15)28-18-4-2-1-3-5-18/h1-7,12-13,16,24,26H,8-11,25H2/b22-20-,24-21?.